The van der Waals surface area contributed by atoms with Gasteiger partial charge in [-0.1, -0.05) is 0 Å². The number of nitrogens with two attached hydrogens (primary N) is 1. The van der Waals surface area contributed by atoms with Gasteiger partial charge in [0.2, 0.25) is 0 Å². The lowest BCUT2D eigenvalue weighted by Gasteiger charge is -2.02. The van der Waals surface area contributed by atoms with Crippen LogP contribution in [-0.4, -0.2) is 19.7 Å². The van der Waals surface area contributed by atoms with Gasteiger partial charge >= 0.3 is 0 Å². The zero-order chi connectivity index (χ0) is 10.1. The Balaban J connectivity index is 2.33. The number of imidazole rings is 1. The molecule has 0 aliphatic heterocycles. The first-order chi connectivity index (χ1) is 6.66. The third-order valence-corrected chi connectivity index (χ3v) is 2.04. The third-order valence-electron chi connectivity index (χ3n) is 2.04. The van der Waals surface area contributed by atoms with Crippen LogP contribution in [0.25, 0.3) is 11.3 Å². The average Bonchev–Trinajstić information content (AvgIpc) is 2.70. The summed E-state index contributed by atoms with van der Waals surface area (Å²) < 4.78 is 1.90. The number of rotatable bonds is 2. The highest BCUT2D eigenvalue weighted by Gasteiger charge is 2.05. The van der Waals surface area contributed by atoms with Gasteiger partial charge in [-0.05, 0) is 13.8 Å². The molecular formula is C9H13N5. The van der Waals surface area contributed by atoms with Crippen LogP contribution < -0.4 is 5.73 Å². The van der Waals surface area contributed by atoms with Crippen LogP contribution in [0.15, 0.2) is 18.6 Å². The van der Waals surface area contributed by atoms with E-state index >= 15 is 0 Å². The molecule has 0 saturated carbocycles. The number of nitrogens with zero attached hydrogens (tertiary/aromatic N) is 3. The molecule has 0 spiro atoms. The molecule has 2 aromatic rings. The zero-order valence-corrected chi connectivity index (χ0v) is 8.23. The van der Waals surface area contributed by atoms with Gasteiger partial charge in [0.15, 0.2) is 5.95 Å². The topological polar surface area (TPSA) is 72.5 Å². The van der Waals surface area contributed by atoms with E-state index in [-0.39, 0.29) is 0 Å². The molecule has 0 fully saturated rings. The van der Waals surface area contributed by atoms with Gasteiger partial charge in [-0.25, -0.2) is 4.98 Å². The third kappa shape index (κ3) is 1.48. The van der Waals surface area contributed by atoms with Crippen LogP contribution in [0.4, 0.5) is 5.95 Å². The first-order valence-electron chi connectivity index (χ1n) is 4.52. The molecule has 0 aromatic carbocycles. The molecule has 0 aliphatic carbocycles. The van der Waals surface area contributed by atoms with Crippen LogP contribution in [0, 0.1) is 0 Å². The van der Waals surface area contributed by atoms with E-state index in [4.69, 9.17) is 5.73 Å². The standard InChI is InChI=1S/C9H13N5/c1-6(2)14-5-7(3-12-14)8-4-11-9(10)13-8/h3-6H,1-2H3,(H3,10,11,13). The highest BCUT2D eigenvalue weighted by Crippen LogP contribution is 2.17. The van der Waals surface area contributed by atoms with Crippen molar-refractivity contribution >= 4 is 5.95 Å². The minimum Gasteiger partial charge on any atom is -0.369 e. The maximum absolute atomic E-state index is 5.49. The summed E-state index contributed by atoms with van der Waals surface area (Å²) in [6.07, 6.45) is 5.47. The number of anilines is 1. The van der Waals surface area contributed by atoms with Crippen molar-refractivity contribution in [1.29, 1.82) is 0 Å². The molecule has 5 heteroatoms. The molecule has 0 atom stereocenters. The van der Waals surface area contributed by atoms with E-state index in [9.17, 15) is 0 Å². The van der Waals surface area contributed by atoms with Gasteiger partial charge in [0.25, 0.3) is 0 Å². The Morgan fingerprint density at radius 2 is 2.21 bits per heavy atom. The largest absolute Gasteiger partial charge is 0.369 e. The van der Waals surface area contributed by atoms with E-state index in [0.717, 1.165) is 11.3 Å². The van der Waals surface area contributed by atoms with E-state index in [2.05, 4.69) is 28.9 Å². The van der Waals surface area contributed by atoms with Crippen molar-refractivity contribution in [3.05, 3.63) is 18.6 Å². The summed E-state index contributed by atoms with van der Waals surface area (Å²) >= 11 is 0. The molecule has 2 rings (SSSR count). The fourth-order valence-corrected chi connectivity index (χ4v) is 1.24. The average molecular weight is 191 g/mol. The molecule has 0 amide bonds. The number of aromatic amines is 1. The van der Waals surface area contributed by atoms with E-state index in [1.165, 1.54) is 0 Å². The molecule has 5 nitrogen and oxygen atoms in total. The number of aromatic nitrogens is 4. The van der Waals surface area contributed by atoms with Gasteiger partial charge in [-0.15, -0.1) is 0 Å². The van der Waals surface area contributed by atoms with Crippen LogP contribution in [0.2, 0.25) is 0 Å². The lowest BCUT2D eigenvalue weighted by molar-refractivity contribution is 0.532. The van der Waals surface area contributed by atoms with E-state index in [0.29, 0.717) is 12.0 Å². The summed E-state index contributed by atoms with van der Waals surface area (Å²) in [5.74, 6) is 0.428. The number of nitrogen functional groups attached to an aromatic ring is 1. The SMILES string of the molecule is CC(C)n1cc(-c2cnc(N)[nH]2)cn1. The van der Waals surface area contributed by atoms with Crippen LogP contribution in [-0.2, 0) is 0 Å². The molecule has 2 aromatic heterocycles. The van der Waals surface area contributed by atoms with Crippen LogP contribution in [0.1, 0.15) is 19.9 Å². The molecule has 0 saturated heterocycles. The predicted molar refractivity (Wildman–Crippen MR) is 54.6 cm³/mol. The summed E-state index contributed by atoms with van der Waals surface area (Å²) in [6, 6.07) is 0.365. The van der Waals surface area contributed by atoms with Gasteiger partial charge in [0, 0.05) is 17.8 Å². The Morgan fingerprint density at radius 1 is 1.43 bits per heavy atom. The Bertz CT molecular complexity index is 426. The number of hydrogen-bond donors (Lipinski definition) is 2. The second kappa shape index (κ2) is 3.17. The van der Waals surface area contributed by atoms with Crippen LogP contribution in [0.3, 0.4) is 0 Å². The number of hydrogen-bond acceptors (Lipinski definition) is 3. The zero-order valence-electron chi connectivity index (χ0n) is 8.23. The quantitative estimate of drug-likeness (QED) is 0.754. The Kier molecular flexibility index (Phi) is 1.99. The first kappa shape index (κ1) is 8.80. The monoisotopic (exact) mass is 191 g/mol. The summed E-state index contributed by atoms with van der Waals surface area (Å²) in [5.41, 5.74) is 7.39. The van der Waals surface area contributed by atoms with Gasteiger partial charge in [-0.2, -0.15) is 5.10 Å². The Hall–Kier alpha value is -1.78. The van der Waals surface area contributed by atoms with Crippen molar-refractivity contribution in [2.45, 2.75) is 19.9 Å². The molecule has 0 aliphatic rings. The van der Waals surface area contributed by atoms with Crippen molar-refractivity contribution in [2.24, 2.45) is 0 Å². The van der Waals surface area contributed by atoms with Crippen molar-refractivity contribution in [1.82, 2.24) is 19.7 Å². The molecule has 3 N–H and O–H groups in total. The second-order valence-electron chi connectivity index (χ2n) is 3.48. The normalized spacial score (nSPS) is 11.1. The maximum atomic E-state index is 5.49. The number of H-pyrrole nitrogens is 1. The van der Waals surface area contributed by atoms with Crippen molar-refractivity contribution < 1.29 is 0 Å². The first-order valence-corrected chi connectivity index (χ1v) is 4.52. The smallest absolute Gasteiger partial charge is 0.197 e. The van der Waals surface area contributed by atoms with Crippen LogP contribution >= 0.6 is 0 Å². The van der Waals surface area contributed by atoms with Crippen LogP contribution in [0.5, 0.6) is 0 Å². The highest BCUT2D eigenvalue weighted by atomic mass is 15.3. The lowest BCUT2D eigenvalue weighted by Crippen LogP contribution is -1.99. The fraction of sp³-hybridized carbons (Fsp3) is 0.333. The molecule has 2 heterocycles. The molecule has 0 bridgehead atoms. The molecular weight excluding hydrogens is 178 g/mol. The van der Waals surface area contributed by atoms with Gasteiger partial charge in [0.05, 0.1) is 18.1 Å². The van der Waals surface area contributed by atoms with Crippen molar-refractivity contribution in [3.8, 4) is 11.3 Å². The van der Waals surface area contributed by atoms with Crippen molar-refractivity contribution in [2.75, 3.05) is 5.73 Å². The summed E-state index contributed by atoms with van der Waals surface area (Å²) in [6.45, 7) is 4.16. The lowest BCUT2D eigenvalue weighted by atomic mass is 10.3. The molecule has 14 heavy (non-hydrogen) atoms. The maximum Gasteiger partial charge on any atom is 0.197 e. The Morgan fingerprint density at radius 3 is 2.71 bits per heavy atom. The van der Waals surface area contributed by atoms with E-state index in [1.807, 2.05) is 10.9 Å². The molecule has 74 valence electrons. The molecule has 0 radical (unpaired) electrons. The minimum absolute atomic E-state index is 0.365. The minimum atomic E-state index is 0.365. The summed E-state index contributed by atoms with van der Waals surface area (Å²) in [4.78, 5) is 6.89. The van der Waals surface area contributed by atoms with E-state index < -0.39 is 0 Å². The predicted octanol–water partition coefficient (Wildman–Crippen LogP) is 1.44. The van der Waals surface area contributed by atoms with E-state index in [1.54, 1.807) is 12.4 Å². The molecule has 0 unspecified atom stereocenters. The van der Waals surface area contributed by atoms with Gasteiger partial charge in [0.1, 0.15) is 0 Å². The Labute approximate surface area is 82.0 Å². The van der Waals surface area contributed by atoms with Gasteiger partial charge in [-0.3, -0.25) is 4.68 Å². The fourth-order valence-electron chi connectivity index (χ4n) is 1.24. The highest BCUT2D eigenvalue weighted by molar-refractivity contribution is 5.57. The summed E-state index contributed by atoms with van der Waals surface area (Å²) in [5, 5.41) is 4.23. The second-order valence-corrected chi connectivity index (χ2v) is 3.48. The summed E-state index contributed by atoms with van der Waals surface area (Å²) in [7, 11) is 0. The number of nitrogens with one attached hydrogen (secondary N) is 1. The van der Waals surface area contributed by atoms with Gasteiger partial charge < -0.3 is 10.7 Å². The van der Waals surface area contributed by atoms with Crippen molar-refractivity contribution in [3.63, 3.8) is 0 Å².